The van der Waals surface area contributed by atoms with Crippen LogP contribution in [0.4, 0.5) is 0 Å². The van der Waals surface area contributed by atoms with Crippen molar-refractivity contribution in [1.29, 1.82) is 0 Å². The summed E-state index contributed by atoms with van der Waals surface area (Å²) in [5.41, 5.74) is 1.90. The molecular formula is C18H19ClO2. The molecule has 0 aromatic heterocycles. The molecule has 2 aromatic carbocycles. The summed E-state index contributed by atoms with van der Waals surface area (Å²) >= 11 is 6.35. The van der Waals surface area contributed by atoms with Gasteiger partial charge in [-0.25, -0.2) is 0 Å². The van der Waals surface area contributed by atoms with Gasteiger partial charge in [0.25, 0.3) is 0 Å². The van der Waals surface area contributed by atoms with Crippen molar-refractivity contribution in [2.75, 3.05) is 13.2 Å². The highest BCUT2D eigenvalue weighted by Gasteiger charge is 2.13. The maximum absolute atomic E-state index is 6.35. The Morgan fingerprint density at radius 1 is 1.00 bits per heavy atom. The Morgan fingerprint density at radius 2 is 1.57 bits per heavy atom. The summed E-state index contributed by atoms with van der Waals surface area (Å²) < 4.78 is 11.6. The molecule has 0 saturated carbocycles. The monoisotopic (exact) mass is 302 g/mol. The molecule has 2 rings (SSSR count). The lowest BCUT2D eigenvalue weighted by Crippen LogP contribution is -2.01. The first-order valence-electron chi connectivity index (χ1n) is 6.74. The van der Waals surface area contributed by atoms with Crippen LogP contribution in [0.1, 0.15) is 13.8 Å². The molecule has 0 fully saturated rings. The maximum atomic E-state index is 6.35. The number of halogens is 1. The van der Waals surface area contributed by atoms with Gasteiger partial charge in [-0.3, -0.25) is 0 Å². The Labute approximate surface area is 130 Å². The van der Waals surface area contributed by atoms with Crippen molar-refractivity contribution in [1.82, 2.24) is 0 Å². The van der Waals surface area contributed by atoms with Gasteiger partial charge in [0.1, 0.15) is 24.7 Å². The molecule has 0 aliphatic carbocycles. The molecule has 0 heterocycles. The summed E-state index contributed by atoms with van der Waals surface area (Å²) in [7, 11) is 0. The molecule has 0 spiro atoms. The molecule has 0 saturated heterocycles. The van der Waals surface area contributed by atoms with Gasteiger partial charge in [0.2, 0.25) is 0 Å². The zero-order chi connectivity index (χ0) is 15.4. The van der Waals surface area contributed by atoms with Gasteiger partial charge in [-0.2, -0.15) is 0 Å². The maximum Gasteiger partial charge on any atom is 0.146 e. The predicted octanol–water partition coefficient (Wildman–Crippen LogP) is 5.40. The highest BCUT2D eigenvalue weighted by Crippen LogP contribution is 2.39. The van der Waals surface area contributed by atoms with Gasteiger partial charge in [0.05, 0.1) is 5.02 Å². The van der Waals surface area contributed by atoms with Crippen LogP contribution in [-0.2, 0) is 0 Å². The summed E-state index contributed by atoms with van der Waals surface area (Å²) in [5, 5.41) is 2.44. The van der Waals surface area contributed by atoms with E-state index in [4.69, 9.17) is 21.1 Å². The summed E-state index contributed by atoms with van der Waals surface area (Å²) in [6.07, 6.45) is 0. The lowest BCUT2D eigenvalue weighted by Gasteiger charge is -2.15. The van der Waals surface area contributed by atoms with Crippen molar-refractivity contribution in [2.45, 2.75) is 13.8 Å². The smallest absolute Gasteiger partial charge is 0.146 e. The van der Waals surface area contributed by atoms with E-state index in [1.54, 1.807) is 6.07 Å². The third-order valence-electron chi connectivity index (χ3n) is 2.85. The minimum atomic E-state index is 0.440. The molecule has 0 aliphatic heterocycles. The van der Waals surface area contributed by atoms with Gasteiger partial charge in [-0.1, -0.05) is 49.0 Å². The second-order valence-electron chi connectivity index (χ2n) is 5.22. The average molecular weight is 303 g/mol. The SMILES string of the molecule is C=C(C)COc1cc(Cl)c(OCC(=C)C)c2ccccc12. The quantitative estimate of drug-likeness (QED) is 0.665. The summed E-state index contributed by atoms with van der Waals surface area (Å²) in [5.74, 6) is 1.40. The van der Waals surface area contributed by atoms with Crippen molar-refractivity contribution < 1.29 is 9.47 Å². The highest BCUT2D eigenvalue weighted by molar-refractivity contribution is 6.33. The standard InChI is InChI=1S/C18H19ClO2/c1-12(2)10-20-17-9-16(19)18(21-11-13(3)4)15-8-6-5-7-14(15)17/h5-9H,1,3,10-11H2,2,4H3. The lowest BCUT2D eigenvalue weighted by molar-refractivity contribution is 0.349. The number of rotatable bonds is 6. The van der Waals surface area contributed by atoms with Gasteiger partial charge in [-0.15, -0.1) is 0 Å². The molecule has 2 aromatic rings. The Kier molecular flexibility index (Phi) is 4.92. The van der Waals surface area contributed by atoms with Crippen LogP contribution >= 0.6 is 11.6 Å². The first-order valence-corrected chi connectivity index (χ1v) is 7.12. The van der Waals surface area contributed by atoms with E-state index in [1.165, 1.54) is 0 Å². The normalized spacial score (nSPS) is 10.4. The minimum Gasteiger partial charge on any atom is -0.489 e. The average Bonchev–Trinajstić information content (AvgIpc) is 2.43. The van der Waals surface area contributed by atoms with Gasteiger partial charge >= 0.3 is 0 Å². The summed E-state index contributed by atoms with van der Waals surface area (Å²) in [6.45, 7) is 12.4. The fourth-order valence-electron chi connectivity index (χ4n) is 1.95. The molecule has 110 valence electrons. The van der Waals surface area contributed by atoms with Gasteiger partial charge < -0.3 is 9.47 Å². The Morgan fingerprint density at radius 3 is 2.19 bits per heavy atom. The number of benzene rings is 2. The number of ether oxygens (including phenoxy) is 2. The summed E-state index contributed by atoms with van der Waals surface area (Å²) in [4.78, 5) is 0. The van der Waals surface area contributed by atoms with Crippen LogP contribution in [-0.4, -0.2) is 13.2 Å². The van der Waals surface area contributed by atoms with Crippen LogP contribution in [0.15, 0.2) is 54.6 Å². The van der Waals surface area contributed by atoms with Crippen molar-refractivity contribution in [3.05, 3.63) is 59.7 Å². The van der Waals surface area contributed by atoms with E-state index in [1.807, 2.05) is 38.1 Å². The van der Waals surface area contributed by atoms with Gasteiger partial charge in [-0.05, 0) is 25.0 Å². The molecule has 0 amide bonds. The first-order chi connectivity index (χ1) is 9.99. The van der Waals surface area contributed by atoms with Crippen molar-refractivity contribution in [2.24, 2.45) is 0 Å². The predicted molar refractivity (Wildman–Crippen MR) is 89.6 cm³/mol. The van der Waals surface area contributed by atoms with Crippen molar-refractivity contribution in [3.63, 3.8) is 0 Å². The van der Waals surface area contributed by atoms with Crippen LogP contribution in [0.3, 0.4) is 0 Å². The van der Waals surface area contributed by atoms with Crippen LogP contribution in [0.5, 0.6) is 11.5 Å². The van der Waals surface area contributed by atoms with E-state index in [9.17, 15) is 0 Å². The Hall–Kier alpha value is -1.93. The molecule has 2 nitrogen and oxygen atoms in total. The van der Waals surface area contributed by atoms with Gasteiger partial charge in [0, 0.05) is 16.8 Å². The largest absolute Gasteiger partial charge is 0.489 e. The minimum absolute atomic E-state index is 0.440. The number of fused-ring (bicyclic) bond motifs is 1. The molecular weight excluding hydrogens is 284 g/mol. The molecule has 0 aliphatic rings. The zero-order valence-corrected chi connectivity index (χ0v) is 13.2. The van der Waals surface area contributed by atoms with E-state index in [0.717, 1.165) is 27.7 Å². The molecule has 0 bridgehead atoms. The molecule has 0 unspecified atom stereocenters. The first kappa shape index (κ1) is 15.5. The molecule has 0 atom stereocenters. The van der Waals surface area contributed by atoms with Crippen molar-refractivity contribution in [3.8, 4) is 11.5 Å². The molecule has 21 heavy (non-hydrogen) atoms. The number of hydrogen-bond donors (Lipinski definition) is 0. The van der Waals surface area contributed by atoms with Crippen LogP contribution in [0.25, 0.3) is 10.8 Å². The van der Waals surface area contributed by atoms with Crippen LogP contribution < -0.4 is 9.47 Å². The van der Waals surface area contributed by atoms with E-state index in [2.05, 4.69) is 13.2 Å². The highest BCUT2D eigenvalue weighted by atomic mass is 35.5. The Bertz CT molecular complexity index is 689. The Balaban J connectivity index is 2.47. The van der Waals surface area contributed by atoms with Crippen molar-refractivity contribution >= 4 is 22.4 Å². The fraction of sp³-hybridized carbons (Fsp3) is 0.222. The lowest BCUT2D eigenvalue weighted by atomic mass is 10.1. The van der Waals surface area contributed by atoms with Crippen LogP contribution in [0.2, 0.25) is 5.02 Å². The second-order valence-corrected chi connectivity index (χ2v) is 5.63. The van der Waals surface area contributed by atoms with E-state index >= 15 is 0 Å². The van der Waals surface area contributed by atoms with E-state index < -0.39 is 0 Å². The van der Waals surface area contributed by atoms with Crippen LogP contribution in [0, 0.1) is 0 Å². The third kappa shape index (κ3) is 3.79. The molecule has 0 radical (unpaired) electrons. The second kappa shape index (κ2) is 6.68. The van der Waals surface area contributed by atoms with Gasteiger partial charge in [0.15, 0.2) is 0 Å². The molecule has 3 heteroatoms. The molecule has 0 N–H and O–H groups in total. The van der Waals surface area contributed by atoms with E-state index in [0.29, 0.717) is 24.0 Å². The van der Waals surface area contributed by atoms with E-state index in [-0.39, 0.29) is 0 Å². The fourth-order valence-corrected chi connectivity index (χ4v) is 2.20. The topological polar surface area (TPSA) is 18.5 Å². The zero-order valence-electron chi connectivity index (χ0n) is 12.4. The third-order valence-corrected chi connectivity index (χ3v) is 3.13. The number of hydrogen-bond acceptors (Lipinski definition) is 2. The summed E-state index contributed by atoms with van der Waals surface area (Å²) in [6, 6.07) is 9.68.